The van der Waals surface area contributed by atoms with Crippen LogP contribution >= 0.6 is 15.9 Å². The second kappa shape index (κ2) is 6.68. The van der Waals surface area contributed by atoms with Crippen molar-refractivity contribution >= 4 is 26.0 Å². The van der Waals surface area contributed by atoms with Crippen LogP contribution in [0, 0.1) is 11.6 Å². The monoisotopic (exact) mass is 382 g/mol. The number of nitrogens with zero attached hydrogens (tertiary/aromatic N) is 1. The zero-order valence-electron chi connectivity index (χ0n) is 11.6. The first kappa shape index (κ1) is 16.8. The quantitative estimate of drug-likeness (QED) is 0.850. The lowest BCUT2D eigenvalue weighted by Gasteiger charge is -2.23. The average molecular weight is 383 g/mol. The second-order valence-electron chi connectivity index (χ2n) is 4.98. The number of likely N-dealkylation sites (N-methyl/N-ethyl adjacent to an activating group) is 1. The van der Waals surface area contributed by atoms with Gasteiger partial charge in [0.05, 0.1) is 0 Å². The van der Waals surface area contributed by atoms with Gasteiger partial charge in [0.25, 0.3) is 0 Å². The molecule has 2 rings (SSSR count). The Hall–Kier alpha value is -0.570. The predicted octanol–water partition coefficient (Wildman–Crippen LogP) is 2.49. The standard InChI is InChI=1S/C13H17BrF2N2O2S/c1-2-18-5-3-4-10(18)8-17-21(19,20)13-11(14)6-9(15)7-12(13)16/h6-7,10,17H,2-5,8H2,1H3. The summed E-state index contributed by atoms with van der Waals surface area (Å²) < 4.78 is 53.5. The summed E-state index contributed by atoms with van der Waals surface area (Å²) in [5.41, 5.74) is 0. The maximum atomic E-state index is 13.8. The highest BCUT2D eigenvalue weighted by atomic mass is 79.9. The second-order valence-corrected chi connectivity index (χ2v) is 7.53. The van der Waals surface area contributed by atoms with Gasteiger partial charge in [-0.15, -0.1) is 0 Å². The number of halogens is 3. The number of likely N-dealkylation sites (tertiary alicyclic amines) is 1. The van der Waals surface area contributed by atoms with Crippen molar-refractivity contribution in [2.75, 3.05) is 19.6 Å². The van der Waals surface area contributed by atoms with Crippen LogP contribution in [0.5, 0.6) is 0 Å². The van der Waals surface area contributed by atoms with Gasteiger partial charge in [0, 0.05) is 23.1 Å². The lowest BCUT2D eigenvalue weighted by Crippen LogP contribution is -2.40. The molecule has 1 aliphatic rings. The molecule has 1 atom stereocenters. The van der Waals surface area contributed by atoms with Gasteiger partial charge in [-0.05, 0) is 47.9 Å². The molecule has 21 heavy (non-hydrogen) atoms. The van der Waals surface area contributed by atoms with E-state index < -0.39 is 26.6 Å². The summed E-state index contributed by atoms with van der Waals surface area (Å²) in [6.45, 7) is 4.03. The van der Waals surface area contributed by atoms with Crippen molar-refractivity contribution in [3.05, 3.63) is 28.2 Å². The summed E-state index contributed by atoms with van der Waals surface area (Å²) in [6, 6.07) is 1.62. The summed E-state index contributed by atoms with van der Waals surface area (Å²) in [5, 5.41) is 0. The Kier molecular flexibility index (Phi) is 5.34. The fourth-order valence-corrected chi connectivity index (χ4v) is 4.84. The Bertz CT molecular complexity index is 602. The van der Waals surface area contributed by atoms with Crippen molar-refractivity contribution in [2.45, 2.75) is 30.7 Å². The van der Waals surface area contributed by atoms with Crippen molar-refractivity contribution in [1.82, 2.24) is 9.62 Å². The SMILES string of the molecule is CCN1CCCC1CNS(=O)(=O)c1c(F)cc(F)cc1Br. The van der Waals surface area contributed by atoms with E-state index in [-0.39, 0.29) is 17.1 Å². The number of nitrogens with one attached hydrogen (secondary N) is 1. The fourth-order valence-electron chi connectivity index (χ4n) is 2.61. The highest BCUT2D eigenvalue weighted by molar-refractivity contribution is 9.10. The molecule has 0 saturated carbocycles. The first-order valence-electron chi connectivity index (χ1n) is 6.73. The van der Waals surface area contributed by atoms with Crippen molar-refractivity contribution in [3.8, 4) is 0 Å². The summed E-state index contributed by atoms with van der Waals surface area (Å²) in [7, 11) is -4.02. The van der Waals surface area contributed by atoms with Crippen LogP contribution in [0.3, 0.4) is 0 Å². The molecule has 0 amide bonds. The van der Waals surface area contributed by atoms with E-state index in [0.29, 0.717) is 6.07 Å². The van der Waals surface area contributed by atoms with Gasteiger partial charge >= 0.3 is 0 Å². The number of rotatable bonds is 5. The molecule has 4 nitrogen and oxygen atoms in total. The van der Waals surface area contributed by atoms with Crippen LogP contribution in [0.4, 0.5) is 8.78 Å². The van der Waals surface area contributed by atoms with E-state index in [1.807, 2.05) is 6.92 Å². The Morgan fingerprint density at radius 3 is 2.76 bits per heavy atom. The van der Waals surface area contributed by atoms with Crippen LogP contribution in [0.2, 0.25) is 0 Å². The molecule has 1 fully saturated rings. The molecule has 0 aliphatic carbocycles. The molecule has 8 heteroatoms. The molecule has 0 spiro atoms. The van der Waals surface area contributed by atoms with Gasteiger partial charge in [-0.25, -0.2) is 21.9 Å². The minimum Gasteiger partial charge on any atom is -0.299 e. The summed E-state index contributed by atoms with van der Waals surface area (Å²) >= 11 is 2.90. The van der Waals surface area contributed by atoms with Crippen LogP contribution in [0.1, 0.15) is 19.8 Å². The van der Waals surface area contributed by atoms with Crippen molar-refractivity contribution in [2.24, 2.45) is 0 Å². The number of sulfonamides is 1. The van der Waals surface area contributed by atoms with Crippen molar-refractivity contribution < 1.29 is 17.2 Å². The van der Waals surface area contributed by atoms with Crippen LogP contribution in [0.25, 0.3) is 0 Å². The van der Waals surface area contributed by atoms with Gasteiger partial charge in [-0.2, -0.15) is 0 Å². The van der Waals surface area contributed by atoms with E-state index in [1.54, 1.807) is 0 Å². The lowest BCUT2D eigenvalue weighted by atomic mass is 10.2. The summed E-state index contributed by atoms with van der Waals surface area (Å²) in [6.07, 6.45) is 1.93. The number of hydrogen-bond donors (Lipinski definition) is 1. The van der Waals surface area contributed by atoms with Gasteiger partial charge < -0.3 is 0 Å². The molecule has 1 aromatic rings. The Morgan fingerprint density at radius 2 is 2.14 bits per heavy atom. The van der Waals surface area contributed by atoms with Crippen molar-refractivity contribution in [3.63, 3.8) is 0 Å². The fraction of sp³-hybridized carbons (Fsp3) is 0.538. The molecule has 1 aliphatic heterocycles. The average Bonchev–Trinajstić information content (AvgIpc) is 2.82. The predicted molar refractivity (Wildman–Crippen MR) is 79.5 cm³/mol. The molecule has 0 bridgehead atoms. The normalized spacial score (nSPS) is 20.1. The third-order valence-corrected chi connectivity index (χ3v) is 6.03. The largest absolute Gasteiger partial charge is 0.299 e. The summed E-state index contributed by atoms with van der Waals surface area (Å²) in [4.78, 5) is 1.63. The van der Waals surface area contributed by atoms with Crippen LogP contribution < -0.4 is 4.72 Å². The van der Waals surface area contributed by atoms with E-state index in [2.05, 4.69) is 25.6 Å². The zero-order chi connectivity index (χ0) is 15.6. The maximum Gasteiger partial charge on any atom is 0.244 e. The highest BCUT2D eigenvalue weighted by Gasteiger charge is 2.28. The van der Waals surface area contributed by atoms with Gasteiger partial charge in [-0.3, -0.25) is 4.90 Å². The Morgan fingerprint density at radius 1 is 1.43 bits per heavy atom. The van der Waals surface area contributed by atoms with Gasteiger partial charge in [-0.1, -0.05) is 6.92 Å². The maximum absolute atomic E-state index is 13.8. The molecule has 1 unspecified atom stereocenters. The van der Waals surface area contributed by atoms with Crippen LogP contribution in [-0.2, 0) is 10.0 Å². The highest BCUT2D eigenvalue weighted by Crippen LogP contribution is 2.26. The molecular formula is C13H17BrF2N2O2S. The summed E-state index contributed by atoms with van der Waals surface area (Å²) in [5.74, 6) is -1.93. The van der Waals surface area contributed by atoms with E-state index in [1.165, 1.54) is 0 Å². The van der Waals surface area contributed by atoms with Crippen LogP contribution in [0.15, 0.2) is 21.5 Å². The molecule has 0 aromatic heterocycles. The number of benzene rings is 1. The molecule has 1 heterocycles. The molecule has 1 N–H and O–H groups in total. The smallest absolute Gasteiger partial charge is 0.244 e. The van der Waals surface area contributed by atoms with Crippen molar-refractivity contribution in [1.29, 1.82) is 0 Å². The first-order valence-corrected chi connectivity index (χ1v) is 9.01. The number of hydrogen-bond acceptors (Lipinski definition) is 3. The van der Waals surface area contributed by atoms with E-state index in [9.17, 15) is 17.2 Å². The third-order valence-electron chi connectivity index (χ3n) is 3.65. The Balaban J connectivity index is 2.16. The minimum absolute atomic E-state index is 0.118. The minimum atomic E-state index is -4.02. The van der Waals surface area contributed by atoms with E-state index in [4.69, 9.17) is 0 Å². The molecule has 1 aromatic carbocycles. The van der Waals surface area contributed by atoms with E-state index in [0.717, 1.165) is 32.0 Å². The molecule has 1 saturated heterocycles. The van der Waals surface area contributed by atoms with Gasteiger partial charge in [0.2, 0.25) is 10.0 Å². The zero-order valence-corrected chi connectivity index (χ0v) is 14.0. The topological polar surface area (TPSA) is 49.4 Å². The lowest BCUT2D eigenvalue weighted by molar-refractivity contribution is 0.268. The molecular weight excluding hydrogens is 366 g/mol. The molecule has 118 valence electrons. The van der Waals surface area contributed by atoms with Gasteiger partial charge in [0.15, 0.2) is 0 Å². The molecule has 0 radical (unpaired) electrons. The Labute approximate surface area is 131 Å². The van der Waals surface area contributed by atoms with E-state index >= 15 is 0 Å². The third kappa shape index (κ3) is 3.80. The first-order chi connectivity index (χ1) is 9.85. The van der Waals surface area contributed by atoms with Gasteiger partial charge in [0.1, 0.15) is 16.5 Å². The van der Waals surface area contributed by atoms with Crippen LogP contribution in [-0.4, -0.2) is 39.0 Å².